The molecule has 0 fully saturated rings. The summed E-state index contributed by atoms with van der Waals surface area (Å²) in [6, 6.07) is 4.50. The van der Waals surface area contributed by atoms with Crippen LogP contribution in [0.1, 0.15) is 24.7 Å². The SMILES string of the molecule is CCCNCc1ncnn1Cc1cc(Cl)ccc1[N+](=O)[O-]. The van der Waals surface area contributed by atoms with Crippen molar-refractivity contribution in [2.45, 2.75) is 26.4 Å². The van der Waals surface area contributed by atoms with Crippen LogP contribution in [0, 0.1) is 10.1 Å². The Labute approximate surface area is 127 Å². The van der Waals surface area contributed by atoms with Crippen LogP contribution in [-0.4, -0.2) is 26.2 Å². The first-order valence-corrected chi connectivity index (χ1v) is 6.99. The molecule has 0 unspecified atom stereocenters. The molecule has 0 aliphatic rings. The molecule has 0 saturated carbocycles. The Morgan fingerprint density at radius 1 is 1.48 bits per heavy atom. The van der Waals surface area contributed by atoms with Gasteiger partial charge in [0.2, 0.25) is 0 Å². The van der Waals surface area contributed by atoms with Gasteiger partial charge in [0.05, 0.1) is 23.6 Å². The zero-order chi connectivity index (χ0) is 15.2. The van der Waals surface area contributed by atoms with Gasteiger partial charge in [0.25, 0.3) is 5.69 Å². The summed E-state index contributed by atoms with van der Waals surface area (Å²) < 4.78 is 1.64. The minimum atomic E-state index is -0.419. The number of aromatic nitrogens is 3. The van der Waals surface area contributed by atoms with Crippen LogP contribution >= 0.6 is 11.6 Å². The van der Waals surface area contributed by atoms with E-state index < -0.39 is 4.92 Å². The lowest BCUT2D eigenvalue weighted by Gasteiger charge is -2.08. The van der Waals surface area contributed by atoms with E-state index in [1.165, 1.54) is 18.5 Å². The fourth-order valence-electron chi connectivity index (χ4n) is 1.95. The summed E-state index contributed by atoms with van der Waals surface area (Å²) in [4.78, 5) is 14.8. The molecule has 2 aromatic rings. The summed E-state index contributed by atoms with van der Waals surface area (Å²) in [7, 11) is 0. The smallest absolute Gasteiger partial charge is 0.274 e. The number of nitrogens with zero attached hydrogens (tertiary/aromatic N) is 4. The summed E-state index contributed by atoms with van der Waals surface area (Å²) in [5.41, 5.74) is 0.539. The monoisotopic (exact) mass is 309 g/mol. The molecule has 0 radical (unpaired) electrons. The van der Waals surface area contributed by atoms with E-state index in [4.69, 9.17) is 11.6 Å². The average molecular weight is 310 g/mol. The van der Waals surface area contributed by atoms with E-state index >= 15 is 0 Å². The van der Waals surface area contributed by atoms with E-state index in [0.717, 1.165) is 18.8 Å². The number of nitro groups is 1. The molecule has 1 aromatic heterocycles. The van der Waals surface area contributed by atoms with Crippen LogP contribution in [0.3, 0.4) is 0 Å². The highest BCUT2D eigenvalue weighted by molar-refractivity contribution is 6.30. The van der Waals surface area contributed by atoms with Gasteiger partial charge in [-0.15, -0.1) is 0 Å². The van der Waals surface area contributed by atoms with Gasteiger partial charge in [-0.1, -0.05) is 18.5 Å². The van der Waals surface area contributed by atoms with E-state index in [-0.39, 0.29) is 12.2 Å². The first kappa shape index (κ1) is 15.4. The highest BCUT2D eigenvalue weighted by Crippen LogP contribution is 2.23. The number of benzene rings is 1. The Hall–Kier alpha value is -1.99. The van der Waals surface area contributed by atoms with Crippen molar-refractivity contribution >= 4 is 17.3 Å². The van der Waals surface area contributed by atoms with E-state index in [2.05, 4.69) is 22.3 Å². The lowest BCUT2D eigenvalue weighted by atomic mass is 10.2. The van der Waals surface area contributed by atoms with Gasteiger partial charge in [-0.2, -0.15) is 5.10 Å². The summed E-state index contributed by atoms with van der Waals surface area (Å²) in [5, 5.41) is 18.9. The van der Waals surface area contributed by atoms with E-state index in [9.17, 15) is 10.1 Å². The summed E-state index contributed by atoms with van der Waals surface area (Å²) in [5.74, 6) is 0.734. The maximum absolute atomic E-state index is 11.1. The van der Waals surface area contributed by atoms with Crippen molar-refractivity contribution in [3.63, 3.8) is 0 Å². The third kappa shape index (κ3) is 3.99. The molecule has 0 saturated heterocycles. The molecule has 0 aliphatic carbocycles. The molecular weight excluding hydrogens is 294 g/mol. The van der Waals surface area contributed by atoms with Crippen molar-refractivity contribution in [2.24, 2.45) is 0 Å². The Bertz CT molecular complexity index is 629. The molecule has 0 spiro atoms. The van der Waals surface area contributed by atoms with Gasteiger partial charge >= 0.3 is 0 Å². The molecule has 7 nitrogen and oxygen atoms in total. The van der Waals surface area contributed by atoms with Crippen molar-refractivity contribution in [2.75, 3.05) is 6.54 Å². The first-order chi connectivity index (χ1) is 10.1. The van der Waals surface area contributed by atoms with Crippen molar-refractivity contribution in [3.8, 4) is 0 Å². The molecule has 1 heterocycles. The Kier molecular flexibility index (Phi) is 5.24. The van der Waals surface area contributed by atoms with Crippen LogP contribution in [0.2, 0.25) is 5.02 Å². The second kappa shape index (κ2) is 7.14. The molecule has 0 atom stereocenters. The predicted molar refractivity (Wildman–Crippen MR) is 79.2 cm³/mol. The number of nitro benzene ring substituents is 1. The molecule has 0 aliphatic heterocycles. The highest BCUT2D eigenvalue weighted by Gasteiger charge is 2.16. The number of hydrogen-bond acceptors (Lipinski definition) is 5. The zero-order valence-corrected chi connectivity index (χ0v) is 12.4. The molecule has 8 heteroatoms. The van der Waals surface area contributed by atoms with Gasteiger partial charge in [0.15, 0.2) is 0 Å². The summed E-state index contributed by atoms with van der Waals surface area (Å²) in [6.45, 7) is 3.79. The molecule has 0 amide bonds. The van der Waals surface area contributed by atoms with Crippen LogP contribution < -0.4 is 5.32 Å². The second-order valence-corrected chi connectivity index (χ2v) is 4.98. The van der Waals surface area contributed by atoms with Crippen molar-refractivity contribution < 1.29 is 4.92 Å². The zero-order valence-electron chi connectivity index (χ0n) is 11.6. The third-order valence-electron chi connectivity index (χ3n) is 2.96. The fraction of sp³-hybridized carbons (Fsp3) is 0.385. The topological polar surface area (TPSA) is 85.9 Å². The van der Waals surface area contributed by atoms with Crippen molar-refractivity contribution in [1.29, 1.82) is 0 Å². The van der Waals surface area contributed by atoms with Crippen LogP contribution in [0.5, 0.6) is 0 Å². The van der Waals surface area contributed by atoms with Crippen LogP contribution in [-0.2, 0) is 13.1 Å². The largest absolute Gasteiger partial charge is 0.310 e. The van der Waals surface area contributed by atoms with Gasteiger partial charge in [0, 0.05) is 11.1 Å². The Morgan fingerprint density at radius 3 is 3.00 bits per heavy atom. The first-order valence-electron chi connectivity index (χ1n) is 6.62. The molecule has 0 bridgehead atoms. The van der Waals surface area contributed by atoms with Gasteiger partial charge in [-0.3, -0.25) is 10.1 Å². The number of hydrogen-bond donors (Lipinski definition) is 1. The summed E-state index contributed by atoms with van der Waals surface area (Å²) >= 11 is 5.92. The quantitative estimate of drug-likeness (QED) is 0.482. The number of halogens is 1. The maximum atomic E-state index is 11.1. The predicted octanol–water partition coefficient (Wildman–Crippen LogP) is 2.39. The highest BCUT2D eigenvalue weighted by atomic mass is 35.5. The molecule has 2 rings (SSSR count). The summed E-state index contributed by atoms with van der Waals surface area (Å²) in [6.07, 6.45) is 2.47. The average Bonchev–Trinajstić information content (AvgIpc) is 2.86. The molecule has 21 heavy (non-hydrogen) atoms. The molecule has 1 aromatic carbocycles. The standard InChI is InChI=1S/C13H16ClN5O2/c1-2-5-15-7-13-16-9-17-18(13)8-10-6-11(14)3-4-12(10)19(20)21/h3-4,6,9,15H,2,5,7-8H2,1H3. The van der Waals surface area contributed by atoms with E-state index in [1.807, 2.05) is 0 Å². The lowest BCUT2D eigenvalue weighted by Crippen LogP contribution is -2.18. The molecule has 112 valence electrons. The Balaban J connectivity index is 2.20. The van der Waals surface area contributed by atoms with E-state index in [1.54, 1.807) is 10.7 Å². The Morgan fingerprint density at radius 2 is 2.29 bits per heavy atom. The fourth-order valence-corrected chi connectivity index (χ4v) is 2.15. The minimum absolute atomic E-state index is 0.0300. The van der Waals surface area contributed by atoms with Gasteiger partial charge < -0.3 is 5.32 Å². The lowest BCUT2D eigenvalue weighted by molar-refractivity contribution is -0.385. The van der Waals surface area contributed by atoms with Crippen molar-refractivity contribution in [1.82, 2.24) is 20.1 Å². The van der Waals surface area contributed by atoms with E-state index in [0.29, 0.717) is 17.1 Å². The normalized spacial score (nSPS) is 10.8. The van der Waals surface area contributed by atoms with Gasteiger partial charge in [0.1, 0.15) is 12.2 Å². The second-order valence-electron chi connectivity index (χ2n) is 4.54. The van der Waals surface area contributed by atoms with Crippen LogP contribution in [0.15, 0.2) is 24.5 Å². The number of rotatable bonds is 7. The van der Waals surface area contributed by atoms with Crippen LogP contribution in [0.4, 0.5) is 5.69 Å². The third-order valence-corrected chi connectivity index (χ3v) is 3.20. The number of nitrogens with one attached hydrogen (secondary N) is 1. The van der Waals surface area contributed by atoms with Gasteiger partial charge in [-0.05, 0) is 25.1 Å². The maximum Gasteiger partial charge on any atom is 0.274 e. The molecular formula is C13H16ClN5O2. The van der Waals surface area contributed by atoms with Crippen molar-refractivity contribution in [3.05, 3.63) is 51.1 Å². The molecule has 1 N–H and O–H groups in total. The van der Waals surface area contributed by atoms with Crippen LogP contribution in [0.25, 0.3) is 0 Å². The minimum Gasteiger partial charge on any atom is -0.310 e. The van der Waals surface area contributed by atoms with Gasteiger partial charge in [-0.25, -0.2) is 9.67 Å².